The highest BCUT2D eigenvalue weighted by molar-refractivity contribution is 7.54. The Hall–Kier alpha value is -1.76. The van der Waals surface area contributed by atoms with Gasteiger partial charge in [0.05, 0.1) is 13.2 Å². The fourth-order valence-corrected chi connectivity index (χ4v) is 6.34. The maximum absolute atomic E-state index is 14.4. The number of ether oxygens (including phenoxy) is 2. The molecule has 38 heavy (non-hydrogen) atoms. The van der Waals surface area contributed by atoms with Crippen LogP contribution >= 0.6 is 20.0 Å². The first kappa shape index (κ1) is 32.5. The van der Waals surface area contributed by atoms with Crippen LogP contribution in [0.25, 0.3) is 0 Å². The van der Waals surface area contributed by atoms with Crippen molar-refractivity contribution in [2.24, 2.45) is 0 Å². The number of rotatable bonds is 11. The van der Waals surface area contributed by atoms with Crippen LogP contribution in [0.15, 0.2) is 30.3 Å². The largest absolute Gasteiger partial charge is 0.507 e. The Bertz CT molecular complexity index is 1080. The topological polar surface area (TPSA) is 86.3 Å². The zero-order chi connectivity index (χ0) is 27.4. The molecule has 0 saturated heterocycles. The van der Waals surface area contributed by atoms with Crippen molar-refractivity contribution in [1.29, 1.82) is 0 Å². The Kier molecular flexibility index (Phi) is 11.2. The van der Waals surface area contributed by atoms with Gasteiger partial charge in [-0.3, -0.25) is 9.88 Å². The SMILES string of the molecule is CCCOP(=O)(OCCC)C(NCc1ccc2c(c1)OCO2)c1cc(C(C)(C)C)c(O)c(C(C)(C)C)c1.Cl. The molecular formula is C29H45ClNO6P. The van der Waals surface area contributed by atoms with Crippen molar-refractivity contribution in [2.45, 2.75) is 91.4 Å². The van der Waals surface area contributed by atoms with Crippen molar-refractivity contribution < 1.29 is 28.2 Å². The van der Waals surface area contributed by atoms with Gasteiger partial charge in [-0.15, -0.1) is 12.4 Å². The smallest absolute Gasteiger partial charge is 0.351 e. The Balaban J connectivity index is 0.00000507. The van der Waals surface area contributed by atoms with Crippen LogP contribution in [0.2, 0.25) is 0 Å². The summed E-state index contributed by atoms with van der Waals surface area (Å²) in [7, 11) is -3.65. The van der Waals surface area contributed by atoms with Gasteiger partial charge in [-0.05, 0) is 70.2 Å². The summed E-state index contributed by atoms with van der Waals surface area (Å²) in [6, 6.07) is 9.65. The third-order valence-electron chi connectivity index (χ3n) is 6.27. The molecule has 0 bridgehead atoms. The van der Waals surface area contributed by atoms with Crippen LogP contribution in [-0.4, -0.2) is 25.1 Å². The molecule has 1 atom stereocenters. The molecule has 2 aromatic carbocycles. The summed E-state index contributed by atoms with van der Waals surface area (Å²) in [6.45, 7) is 17.6. The molecule has 0 radical (unpaired) electrons. The third-order valence-corrected chi connectivity index (χ3v) is 8.47. The van der Waals surface area contributed by atoms with Gasteiger partial charge in [-0.25, -0.2) is 0 Å². The fourth-order valence-electron chi connectivity index (χ4n) is 4.26. The average molecular weight is 570 g/mol. The fraction of sp³-hybridized carbons (Fsp3) is 0.586. The zero-order valence-electron chi connectivity index (χ0n) is 24.1. The van der Waals surface area contributed by atoms with Gasteiger partial charge in [-0.2, -0.15) is 0 Å². The summed E-state index contributed by atoms with van der Waals surface area (Å²) in [5.41, 5.74) is 2.65. The van der Waals surface area contributed by atoms with Crippen molar-refractivity contribution in [3.05, 3.63) is 52.6 Å². The van der Waals surface area contributed by atoms with Gasteiger partial charge in [0, 0.05) is 6.54 Å². The molecule has 2 aromatic rings. The van der Waals surface area contributed by atoms with Crippen LogP contribution in [0.5, 0.6) is 17.2 Å². The zero-order valence-corrected chi connectivity index (χ0v) is 25.8. The molecule has 0 amide bonds. The molecular weight excluding hydrogens is 525 g/mol. The summed E-state index contributed by atoms with van der Waals surface area (Å²) >= 11 is 0. The van der Waals surface area contributed by atoms with E-state index < -0.39 is 13.4 Å². The lowest BCUT2D eigenvalue weighted by Crippen LogP contribution is -2.25. The maximum atomic E-state index is 14.4. The number of hydrogen-bond acceptors (Lipinski definition) is 7. The van der Waals surface area contributed by atoms with E-state index in [-0.39, 0.29) is 35.8 Å². The van der Waals surface area contributed by atoms with Gasteiger partial charge in [-0.1, -0.05) is 61.5 Å². The minimum absolute atomic E-state index is 0. The van der Waals surface area contributed by atoms with E-state index in [0.29, 0.717) is 44.1 Å². The number of phenols is 1. The van der Waals surface area contributed by atoms with Crippen LogP contribution in [0.1, 0.15) is 96.3 Å². The average Bonchev–Trinajstić information content (AvgIpc) is 3.29. The minimum atomic E-state index is -3.65. The lowest BCUT2D eigenvalue weighted by Gasteiger charge is -2.32. The van der Waals surface area contributed by atoms with Crippen LogP contribution in [0.4, 0.5) is 0 Å². The van der Waals surface area contributed by atoms with E-state index in [9.17, 15) is 9.67 Å². The van der Waals surface area contributed by atoms with E-state index in [1.165, 1.54) is 0 Å². The van der Waals surface area contributed by atoms with Crippen molar-refractivity contribution in [2.75, 3.05) is 20.0 Å². The molecule has 1 unspecified atom stereocenters. The van der Waals surface area contributed by atoms with Gasteiger partial charge < -0.3 is 23.6 Å². The van der Waals surface area contributed by atoms with Crippen molar-refractivity contribution in [3.8, 4) is 17.2 Å². The second kappa shape index (κ2) is 13.1. The summed E-state index contributed by atoms with van der Waals surface area (Å²) in [4.78, 5) is 0. The van der Waals surface area contributed by atoms with Crippen LogP contribution < -0.4 is 14.8 Å². The van der Waals surface area contributed by atoms with E-state index in [1.807, 2.05) is 44.2 Å². The lowest BCUT2D eigenvalue weighted by atomic mass is 9.78. The molecule has 1 aliphatic heterocycles. The molecule has 1 heterocycles. The first-order valence-electron chi connectivity index (χ1n) is 13.2. The van der Waals surface area contributed by atoms with Gasteiger partial charge in [0.2, 0.25) is 6.79 Å². The normalized spacial score (nSPS) is 14.3. The summed E-state index contributed by atoms with van der Waals surface area (Å²) in [5.74, 6) is 0.945. The Labute approximate surface area is 234 Å². The lowest BCUT2D eigenvalue weighted by molar-refractivity contribution is 0.174. The maximum Gasteiger partial charge on any atom is 0.351 e. The summed E-state index contributed by atoms with van der Waals surface area (Å²) in [6.07, 6.45) is 1.43. The molecule has 0 fully saturated rings. The predicted molar refractivity (Wildman–Crippen MR) is 155 cm³/mol. The molecule has 9 heteroatoms. The Morgan fingerprint density at radius 1 is 0.921 bits per heavy atom. The van der Waals surface area contributed by atoms with E-state index >= 15 is 0 Å². The molecule has 0 aromatic heterocycles. The number of hydrogen-bond donors (Lipinski definition) is 2. The second-order valence-corrected chi connectivity index (χ2v) is 13.8. The molecule has 1 aliphatic rings. The molecule has 3 rings (SSSR count). The number of benzene rings is 2. The third kappa shape index (κ3) is 7.67. The van der Waals surface area contributed by atoms with Gasteiger partial charge in [0.25, 0.3) is 0 Å². The van der Waals surface area contributed by atoms with E-state index in [0.717, 1.165) is 22.3 Å². The number of aromatic hydroxyl groups is 1. The highest BCUT2D eigenvalue weighted by Crippen LogP contribution is 2.61. The number of fused-ring (bicyclic) bond motifs is 1. The van der Waals surface area contributed by atoms with Crippen LogP contribution in [-0.2, 0) is 31.0 Å². The second-order valence-electron chi connectivity index (χ2n) is 11.6. The molecule has 214 valence electrons. The predicted octanol–water partition coefficient (Wildman–Crippen LogP) is 7.97. The van der Waals surface area contributed by atoms with Crippen LogP contribution in [0.3, 0.4) is 0 Å². The van der Waals surface area contributed by atoms with Gasteiger partial charge >= 0.3 is 7.60 Å². The van der Waals surface area contributed by atoms with Gasteiger partial charge in [0.15, 0.2) is 11.5 Å². The highest BCUT2D eigenvalue weighted by atomic mass is 35.5. The standard InChI is InChI=1S/C29H44NO6P.ClH/c1-9-13-35-37(32,36-14-10-2)27(30-18-20-11-12-24-25(15-20)34-19-33-24)21-16-22(28(3,4)5)26(31)23(17-21)29(6,7)8;/h11-12,15-17,27,30-31H,9-10,13-14,18-19H2,1-8H3;1H. The van der Waals surface area contributed by atoms with Crippen molar-refractivity contribution in [1.82, 2.24) is 5.32 Å². The highest BCUT2D eigenvalue weighted by Gasteiger charge is 2.39. The number of phenolic OH excluding ortho intramolecular Hbond substituents is 1. The first-order valence-corrected chi connectivity index (χ1v) is 14.8. The van der Waals surface area contributed by atoms with E-state index in [2.05, 4.69) is 46.9 Å². The number of nitrogens with one attached hydrogen (secondary N) is 1. The molecule has 0 saturated carbocycles. The summed E-state index contributed by atoms with van der Waals surface area (Å²) < 4.78 is 37.4. The molecule has 0 aliphatic carbocycles. The quantitative estimate of drug-likeness (QED) is 0.265. The van der Waals surface area contributed by atoms with E-state index in [4.69, 9.17) is 18.5 Å². The Morgan fingerprint density at radius 2 is 1.45 bits per heavy atom. The molecule has 2 N–H and O–H groups in total. The Morgan fingerprint density at radius 3 is 1.95 bits per heavy atom. The number of halogens is 1. The monoisotopic (exact) mass is 569 g/mol. The van der Waals surface area contributed by atoms with E-state index in [1.54, 1.807) is 0 Å². The summed E-state index contributed by atoms with van der Waals surface area (Å²) in [5, 5.41) is 14.8. The molecule has 7 nitrogen and oxygen atoms in total. The molecule has 0 spiro atoms. The van der Waals surface area contributed by atoms with Crippen molar-refractivity contribution >= 4 is 20.0 Å². The minimum Gasteiger partial charge on any atom is -0.507 e. The van der Waals surface area contributed by atoms with Gasteiger partial charge in [0.1, 0.15) is 11.5 Å². The van der Waals surface area contributed by atoms with Crippen LogP contribution in [0, 0.1) is 0 Å². The first-order chi connectivity index (χ1) is 17.3. The van der Waals surface area contributed by atoms with Crippen molar-refractivity contribution in [3.63, 3.8) is 0 Å².